The highest BCUT2D eigenvalue weighted by molar-refractivity contribution is 7.10. The van der Waals surface area contributed by atoms with Crippen LogP contribution in [0.25, 0.3) is 0 Å². The van der Waals surface area contributed by atoms with Gasteiger partial charge in [-0.1, -0.05) is 24.3 Å². The van der Waals surface area contributed by atoms with E-state index in [-0.39, 0.29) is 17.9 Å². The van der Waals surface area contributed by atoms with Crippen LogP contribution in [0.1, 0.15) is 44.1 Å². The van der Waals surface area contributed by atoms with Crippen LogP contribution in [0.3, 0.4) is 0 Å². The molecule has 0 saturated carbocycles. The summed E-state index contributed by atoms with van der Waals surface area (Å²) in [5, 5.41) is 1.97. The zero-order chi connectivity index (χ0) is 22.9. The van der Waals surface area contributed by atoms with Crippen LogP contribution >= 0.6 is 11.3 Å². The van der Waals surface area contributed by atoms with E-state index in [1.807, 2.05) is 48.7 Å². The van der Waals surface area contributed by atoms with Crippen LogP contribution in [0.2, 0.25) is 0 Å². The zero-order valence-corrected chi connectivity index (χ0v) is 19.7. The summed E-state index contributed by atoms with van der Waals surface area (Å²) in [7, 11) is 1.69. The van der Waals surface area contributed by atoms with Gasteiger partial charge in [0.2, 0.25) is 0 Å². The van der Waals surface area contributed by atoms with Crippen molar-refractivity contribution in [3.05, 3.63) is 81.5 Å². The Labute approximate surface area is 198 Å². The average Bonchev–Trinajstić information content (AvgIpc) is 3.47. The molecule has 1 fully saturated rings. The van der Waals surface area contributed by atoms with Crippen molar-refractivity contribution < 1.29 is 14.3 Å². The first-order valence-electron chi connectivity index (χ1n) is 11.2. The fourth-order valence-electron chi connectivity index (χ4n) is 4.73. The number of ether oxygens (including phenoxy) is 1. The Kier molecular flexibility index (Phi) is 5.91. The number of piperazine rings is 1. The summed E-state index contributed by atoms with van der Waals surface area (Å²) in [5.74, 6) is 0.482. The smallest absolute Gasteiger partial charge is 0.264 e. The Bertz CT molecular complexity index is 1170. The molecule has 0 aliphatic carbocycles. The van der Waals surface area contributed by atoms with Crippen LogP contribution in [0, 0.1) is 0 Å². The molecule has 0 N–H and O–H groups in total. The molecule has 1 saturated heterocycles. The van der Waals surface area contributed by atoms with Crippen molar-refractivity contribution in [2.75, 3.05) is 38.2 Å². The molecule has 170 valence electrons. The molecule has 3 heterocycles. The number of rotatable bonds is 6. The van der Waals surface area contributed by atoms with Crippen LogP contribution in [-0.4, -0.2) is 54.9 Å². The van der Waals surface area contributed by atoms with Gasteiger partial charge in [0.1, 0.15) is 5.75 Å². The summed E-state index contributed by atoms with van der Waals surface area (Å²) in [6, 6.07) is 17.5. The number of fused-ring (bicyclic) bond motifs is 1. The lowest BCUT2D eigenvalue weighted by Gasteiger charge is -2.36. The molecule has 0 bridgehead atoms. The van der Waals surface area contributed by atoms with E-state index in [2.05, 4.69) is 21.9 Å². The van der Waals surface area contributed by atoms with Crippen molar-refractivity contribution in [1.29, 1.82) is 0 Å². The van der Waals surface area contributed by atoms with Gasteiger partial charge in [-0.05, 0) is 48.2 Å². The third-order valence-electron chi connectivity index (χ3n) is 6.52. The maximum atomic E-state index is 13.4. The van der Waals surface area contributed by atoms with Crippen molar-refractivity contribution in [2.24, 2.45) is 0 Å². The lowest BCUT2D eigenvalue weighted by atomic mass is 10.1. The van der Waals surface area contributed by atoms with Crippen LogP contribution in [0.15, 0.2) is 60.0 Å². The molecule has 2 aliphatic heterocycles. The number of hydrogen-bond donors (Lipinski definition) is 0. The van der Waals surface area contributed by atoms with Gasteiger partial charge in [0, 0.05) is 37.6 Å². The fraction of sp³-hybridized carbons (Fsp3) is 0.308. The fourth-order valence-corrected chi connectivity index (χ4v) is 5.51. The molecule has 1 atom stereocenters. The maximum absolute atomic E-state index is 13.4. The Morgan fingerprint density at radius 1 is 0.970 bits per heavy atom. The number of methoxy groups -OCH3 is 1. The van der Waals surface area contributed by atoms with E-state index in [0.29, 0.717) is 11.1 Å². The Hall–Kier alpha value is -3.16. The molecule has 2 aliphatic rings. The van der Waals surface area contributed by atoms with Gasteiger partial charge >= 0.3 is 0 Å². The predicted octanol–water partition coefficient (Wildman–Crippen LogP) is 4.44. The summed E-state index contributed by atoms with van der Waals surface area (Å²) in [6.45, 7) is 6.17. The van der Waals surface area contributed by atoms with Crippen molar-refractivity contribution in [3.63, 3.8) is 0 Å². The average molecular weight is 462 g/mol. The first-order chi connectivity index (χ1) is 16.1. The van der Waals surface area contributed by atoms with E-state index < -0.39 is 0 Å². The summed E-state index contributed by atoms with van der Waals surface area (Å²) in [5.41, 5.74) is 3.15. The highest BCUT2D eigenvalue weighted by Crippen LogP contribution is 2.37. The highest BCUT2D eigenvalue weighted by Gasteiger charge is 2.41. The molecule has 3 aromatic rings. The number of thiophene rings is 1. The molecule has 7 heteroatoms. The minimum absolute atomic E-state index is 0.190. The molecule has 6 nitrogen and oxygen atoms in total. The van der Waals surface area contributed by atoms with Gasteiger partial charge in [-0.15, -0.1) is 11.3 Å². The number of carbonyl (C=O) groups is 2. The third kappa shape index (κ3) is 4.03. The number of hydrogen-bond acceptors (Lipinski definition) is 6. The second-order valence-corrected chi connectivity index (χ2v) is 9.47. The van der Waals surface area contributed by atoms with Gasteiger partial charge in [-0.3, -0.25) is 19.4 Å². The van der Waals surface area contributed by atoms with Gasteiger partial charge < -0.3 is 9.64 Å². The predicted molar refractivity (Wildman–Crippen MR) is 130 cm³/mol. The highest BCUT2D eigenvalue weighted by atomic mass is 32.1. The van der Waals surface area contributed by atoms with Gasteiger partial charge in [0.05, 0.1) is 30.0 Å². The summed E-state index contributed by atoms with van der Waals surface area (Å²) in [6.07, 6.45) is 0. The van der Waals surface area contributed by atoms with E-state index in [0.717, 1.165) is 49.0 Å². The summed E-state index contributed by atoms with van der Waals surface area (Å²) in [4.78, 5) is 33.7. The van der Waals surface area contributed by atoms with E-state index in [9.17, 15) is 9.59 Å². The SMILES string of the molecule is COc1cccc(CN2CCN(c3cccc4c3C(=O)N(C(C)c3cccs3)C4=O)CC2)c1. The lowest BCUT2D eigenvalue weighted by molar-refractivity contribution is 0.0598. The maximum Gasteiger partial charge on any atom is 0.264 e. The van der Waals surface area contributed by atoms with E-state index in [1.165, 1.54) is 10.5 Å². The Morgan fingerprint density at radius 2 is 1.76 bits per heavy atom. The normalized spacial score (nSPS) is 17.4. The van der Waals surface area contributed by atoms with E-state index in [4.69, 9.17) is 4.74 Å². The minimum Gasteiger partial charge on any atom is -0.497 e. The van der Waals surface area contributed by atoms with Gasteiger partial charge in [0.15, 0.2) is 0 Å². The number of benzene rings is 2. The molecule has 5 rings (SSSR count). The first kappa shape index (κ1) is 21.7. The molecular weight excluding hydrogens is 434 g/mol. The number of nitrogens with zero attached hydrogens (tertiary/aromatic N) is 3. The van der Waals surface area contributed by atoms with Gasteiger partial charge in [0.25, 0.3) is 11.8 Å². The Morgan fingerprint density at radius 3 is 2.48 bits per heavy atom. The molecule has 2 amide bonds. The standard InChI is InChI=1S/C26H27N3O3S/c1-18(23-10-5-15-33-23)29-25(30)21-8-4-9-22(24(21)26(29)31)28-13-11-27(12-14-28)17-19-6-3-7-20(16-19)32-2/h3-10,15-16,18H,11-14,17H2,1-2H3. The topological polar surface area (TPSA) is 53.1 Å². The van der Waals surface area contributed by atoms with Crippen LogP contribution in [-0.2, 0) is 6.54 Å². The summed E-state index contributed by atoms with van der Waals surface area (Å²) < 4.78 is 5.34. The number of amides is 2. The van der Waals surface area contributed by atoms with Crippen molar-refractivity contribution in [3.8, 4) is 5.75 Å². The molecule has 33 heavy (non-hydrogen) atoms. The van der Waals surface area contributed by atoms with Crippen molar-refractivity contribution in [2.45, 2.75) is 19.5 Å². The second-order valence-electron chi connectivity index (χ2n) is 8.49. The van der Waals surface area contributed by atoms with Crippen LogP contribution < -0.4 is 9.64 Å². The summed E-state index contributed by atoms with van der Waals surface area (Å²) >= 11 is 1.57. The van der Waals surface area contributed by atoms with E-state index in [1.54, 1.807) is 24.5 Å². The quantitative estimate of drug-likeness (QED) is 0.508. The minimum atomic E-state index is -0.273. The van der Waals surface area contributed by atoms with E-state index >= 15 is 0 Å². The molecular formula is C26H27N3O3S. The first-order valence-corrected chi connectivity index (χ1v) is 12.1. The Balaban J connectivity index is 1.32. The van der Waals surface area contributed by atoms with Gasteiger partial charge in [-0.2, -0.15) is 0 Å². The van der Waals surface area contributed by atoms with Crippen molar-refractivity contribution in [1.82, 2.24) is 9.80 Å². The van der Waals surface area contributed by atoms with Crippen LogP contribution in [0.5, 0.6) is 5.75 Å². The molecule has 1 unspecified atom stereocenters. The molecule has 0 radical (unpaired) electrons. The number of carbonyl (C=O) groups excluding carboxylic acids is 2. The number of imide groups is 1. The van der Waals surface area contributed by atoms with Gasteiger partial charge in [-0.25, -0.2) is 0 Å². The molecule has 0 spiro atoms. The number of anilines is 1. The second kappa shape index (κ2) is 9.00. The lowest BCUT2D eigenvalue weighted by Crippen LogP contribution is -2.46. The van der Waals surface area contributed by atoms with Crippen molar-refractivity contribution >= 4 is 28.8 Å². The zero-order valence-electron chi connectivity index (χ0n) is 18.9. The third-order valence-corrected chi connectivity index (χ3v) is 7.56. The monoisotopic (exact) mass is 461 g/mol. The largest absolute Gasteiger partial charge is 0.497 e. The molecule has 2 aromatic carbocycles. The molecule has 1 aromatic heterocycles. The van der Waals surface area contributed by atoms with Crippen LogP contribution in [0.4, 0.5) is 5.69 Å².